The zero-order valence-corrected chi connectivity index (χ0v) is 20.9. The Hall–Kier alpha value is -4.05. The lowest BCUT2D eigenvalue weighted by Gasteiger charge is -2.22. The summed E-state index contributed by atoms with van der Waals surface area (Å²) < 4.78 is 9.94. The third kappa shape index (κ3) is 5.95. The highest BCUT2D eigenvalue weighted by atomic mass is 32.1. The van der Waals surface area contributed by atoms with Gasteiger partial charge in [0.1, 0.15) is 6.04 Å². The number of nitrogens with zero attached hydrogens (tertiary/aromatic N) is 2. The summed E-state index contributed by atoms with van der Waals surface area (Å²) in [6, 6.07) is 11.8. The van der Waals surface area contributed by atoms with Crippen LogP contribution in [0.15, 0.2) is 61.2 Å². The van der Waals surface area contributed by atoms with E-state index in [9.17, 15) is 19.2 Å². The van der Waals surface area contributed by atoms with Gasteiger partial charge in [0.25, 0.3) is 5.91 Å². The van der Waals surface area contributed by atoms with E-state index in [-0.39, 0.29) is 37.2 Å². The Morgan fingerprint density at radius 3 is 2.00 bits per heavy atom. The molecule has 2 amide bonds. The molecule has 1 fully saturated rings. The number of nitrogens with one attached hydrogen (secondary N) is 1. The van der Waals surface area contributed by atoms with E-state index in [1.165, 1.54) is 4.90 Å². The van der Waals surface area contributed by atoms with E-state index in [4.69, 9.17) is 21.7 Å². The van der Waals surface area contributed by atoms with Crippen LogP contribution in [0.5, 0.6) is 0 Å². The SMILES string of the molecule is C=CCN1C(=S)N(c2ccc(C(=O)OCC)cc2)C(=O)C1CC(=O)Nc1ccc(C(=O)OCC)cc1. The van der Waals surface area contributed by atoms with Crippen LogP contribution in [0.2, 0.25) is 0 Å². The molecule has 10 heteroatoms. The zero-order valence-electron chi connectivity index (χ0n) is 20.1. The molecule has 1 unspecified atom stereocenters. The monoisotopic (exact) mass is 509 g/mol. The van der Waals surface area contributed by atoms with Gasteiger partial charge in [-0.25, -0.2) is 9.59 Å². The Balaban J connectivity index is 1.73. The van der Waals surface area contributed by atoms with Gasteiger partial charge in [0, 0.05) is 12.2 Å². The van der Waals surface area contributed by atoms with Crippen molar-refractivity contribution in [1.82, 2.24) is 4.90 Å². The number of esters is 2. The molecule has 188 valence electrons. The summed E-state index contributed by atoms with van der Waals surface area (Å²) in [7, 11) is 0. The average Bonchev–Trinajstić information content (AvgIpc) is 3.09. The molecule has 2 aromatic carbocycles. The first-order chi connectivity index (χ1) is 17.3. The van der Waals surface area contributed by atoms with E-state index >= 15 is 0 Å². The first kappa shape index (κ1) is 26.6. The van der Waals surface area contributed by atoms with Gasteiger partial charge in [-0.3, -0.25) is 14.5 Å². The van der Waals surface area contributed by atoms with Gasteiger partial charge in [-0.15, -0.1) is 6.58 Å². The fraction of sp³-hybridized carbons (Fsp3) is 0.269. The van der Waals surface area contributed by atoms with Crippen LogP contribution in [0.3, 0.4) is 0 Å². The summed E-state index contributed by atoms with van der Waals surface area (Å²) in [6.45, 7) is 7.96. The van der Waals surface area contributed by atoms with Crippen molar-refractivity contribution in [3.05, 3.63) is 72.3 Å². The number of amides is 2. The smallest absolute Gasteiger partial charge is 0.338 e. The maximum atomic E-state index is 13.3. The summed E-state index contributed by atoms with van der Waals surface area (Å²) in [5, 5.41) is 2.98. The Morgan fingerprint density at radius 1 is 0.972 bits per heavy atom. The van der Waals surface area contributed by atoms with Crippen molar-refractivity contribution >= 4 is 52.5 Å². The Kier molecular flexibility index (Phi) is 8.91. The predicted molar refractivity (Wildman–Crippen MR) is 139 cm³/mol. The number of ether oxygens (including phenoxy) is 2. The standard InChI is InChI=1S/C26H27N3O6S/c1-4-15-28-21(16-22(30)27-19-11-7-17(8-12-19)24(32)34-5-2)23(31)29(26(28)36)20-13-9-18(10-14-20)25(33)35-6-3/h4,7-14,21H,1,5-6,15-16H2,2-3H3,(H,27,30). The van der Waals surface area contributed by atoms with Crippen LogP contribution < -0.4 is 10.2 Å². The van der Waals surface area contributed by atoms with Crippen molar-refractivity contribution in [3.63, 3.8) is 0 Å². The van der Waals surface area contributed by atoms with Crippen LogP contribution in [0.25, 0.3) is 0 Å². The van der Waals surface area contributed by atoms with Crippen LogP contribution >= 0.6 is 12.2 Å². The molecule has 1 aliphatic rings. The summed E-state index contributed by atoms with van der Waals surface area (Å²) in [4.78, 5) is 52.8. The number of thiocarbonyl (C=S) groups is 1. The molecule has 0 aromatic heterocycles. The maximum Gasteiger partial charge on any atom is 0.338 e. The average molecular weight is 510 g/mol. The Labute approximate surface area is 214 Å². The maximum absolute atomic E-state index is 13.3. The van der Waals surface area contributed by atoms with Crippen LogP contribution in [0, 0.1) is 0 Å². The fourth-order valence-electron chi connectivity index (χ4n) is 3.67. The molecular weight excluding hydrogens is 482 g/mol. The highest BCUT2D eigenvalue weighted by Crippen LogP contribution is 2.28. The number of carbonyl (C=O) groups excluding carboxylic acids is 4. The molecule has 3 rings (SSSR count). The number of anilines is 2. The van der Waals surface area contributed by atoms with E-state index in [0.717, 1.165) is 0 Å². The summed E-state index contributed by atoms with van der Waals surface area (Å²) in [5.41, 5.74) is 1.67. The topological polar surface area (TPSA) is 105 Å². The van der Waals surface area contributed by atoms with Crippen molar-refractivity contribution in [1.29, 1.82) is 0 Å². The molecule has 1 heterocycles. The van der Waals surface area contributed by atoms with E-state index in [0.29, 0.717) is 22.5 Å². The molecule has 0 radical (unpaired) electrons. The van der Waals surface area contributed by atoms with Crippen molar-refractivity contribution in [2.45, 2.75) is 26.3 Å². The molecule has 36 heavy (non-hydrogen) atoms. The van der Waals surface area contributed by atoms with Crippen molar-refractivity contribution < 1.29 is 28.7 Å². The van der Waals surface area contributed by atoms with Crippen LogP contribution in [0.4, 0.5) is 11.4 Å². The second-order valence-electron chi connectivity index (χ2n) is 7.73. The number of carbonyl (C=O) groups is 4. The minimum Gasteiger partial charge on any atom is -0.462 e. The van der Waals surface area contributed by atoms with Crippen molar-refractivity contribution in [2.75, 3.05) is 30.0 Å². The number of hydrogen-bond acceptors (Lipinski definition) is 7. The summed E-state index contributed by atoms with van der Waals surface area (Å²) in [6.07, 6.45) is 1.45. The number of hydrogen-bond donors (Lipinski definition) is 1. The Bertz CT molecular complexity index is 1160. The molecule has 0 spiro atoms. The third-order valence-electron chi connectivity index (χ3n) is 5.34. The Morgan fingerprint density at radius 2 is 1.50 bits per heavy atom. The fourth-order valence-corrected chi connectivity index (χ4v) is 4.07. The largest absolute Gasteiger partial charge is 0.462 e. The molecule has 0 bridgehead atoms. The highest BCUT2D eigenvalue weighted by Gasteiger charge is 2.43. The summed E-state index contributed by atoms with van der Waals surface area (Å²) >= 11 is 5.55. The molecule has 1 atom stereocenters. The molecule has 1 aliphatic heterocycles. The van der Waals surface area contributed by atoms with Gasteiger partial charge in [-0.05, 0) is 74.6 Å². The number of benzene rings is 2. The zero-order chi connectivity index (χ0) is 26.2. The molecule has 1 N–H and O–H groups in total. The minimum atomic E-state index is -0.834. The second kappa shape index (κ2) is 12.1. The van der Waals surface area contributed by atoms with Crippen LogP contribution in [-0.4, -0.2) is 59.6 Å². The molecule has 2 aromatic rings. The third-order valence-corrected chi connectivity index (χ3v) is 5.76. The van der Waals surface area contributed by atoms with Gasteiger partial charge >= 0.3 is 11.9 Å². The first-order valence-electron chi connectivity index (χ1n) is 11.4. The number of rotatable bonds is 10. The lowest BCUT2D eigenvalue weighted by molar-refractivity contribution is -0.124. The van der Waals surface area contributed by atoms with Gasteiger partial charge in [0.05, 0.1) is 36.4 Å². The second-order valence-corrected chi connectivity index (χ2v) is 8.10. The molecule has 9 nitrogen and oxygen atoms in total. The minimum absolute atomic E-state index is 0.149. The van der Waals surface area contributed by atoms with Crippen LogP contribution in [-0.2, 0) is 19.1 Å². The van der Waals surface area contributed by atoms with Gasteiger partial charge < -0.3 is 19.7 Å². The molecule has 0 saturated carbocycles. The molecule has 0 aliphatic carbocycles. The van der Waals surface area contributed by atoms with Gasteiger partial charge in [-0.2, -0.15) is 0 Å². The quantitative estimate of drug-likeness (QED) is 0.295. The predicted octanol–water partition coefficient (Wildman–Crippen LogP) is 3.56. The molecular formula is C26H27N3O6S. The van der Waals surface area contributed by atoms with Crippen LogP contribution in [0.1, 0.15) is 41.0 Å². The van der Waals surface area contributed by atoms with E-state index in [1.54, 1.807) is 73.4 Å². The summed E-state index contributed by atoms with van der Waals surface area (Å²) in [5.74, 6) is -1.67. The lowest BCUT2D eigenvalue weighted by Crippen LogP contribution is -2.37. The van der Waals surface area contributed by atoms with Gasteiger partial charge in [0.2, 0.25) is 5.91 Å². The lowest BCUT2D eigenvalue weighted by atomic mass is 10.1. The van der Waals surface area contributed by atoms with E-state index < -0.39 is 23.9 Å². The van der Waals surface area contributed by atoms with Gasteiger partial charge in [0.15, 0.2) is 5.11 Å². The normalized spacial score (nSPS) is 15.0. The van der Waals surface area contributed by atoms with Crippen molar-refractivity contribution in [2.24, 2.45) is 0 Å². The molecule has 1 saturated heterocycles. The van der Waals surface area contributed by atoms with Crippen molar-refractivity contribution in [3.8, 4) is 0 Å². The highest BCUT2D eigenvalue weighted by molar-refractivity contribution is 7.80. The van der Waals surface area contributed by atoms with Gasteiger partial charge in [-0.1, -0.05) is 6.08 Å². The first-order valence-corrected chi connectivity index (χ1v) is 11.8. The van der Waals surface area contributed by atoms with E-state index in [2.05, 4.69) is 11.9 Å². The van der Waals surface area contributed by atoms with E-state index in [1.807, 2.05) is 0 Å².